The van der Waals surface area contributed by atoms with Crippen molar-refractivity contribution in [3.63, 3.8) is 0 Å². The van der Waals surface area contributed by atoms with E-state index < -0.39 is 12.1 Å². The Morgan fingerprint density at radius 1 is 1.00 bits per heavy atom. The molecule has 3 aromatic carbocycles. The smallest absolute Gasteiger partial charge is 0.272 e. The number of nitrogens with one attached hydrogen (secondary N) is 1. The van der Waals surface area contributed by atoms with Gasteiger partial charge < -0.3 is 15.0 Å². The van der Waals surface area contributed by atoms with Gasteiger partial charge in [0.2, 0.25) is 12.1 Å². The molecule has 1 heterocycles. The van der Waals surface area contributed by atoms with Crippen LogP contribution in [0.1, 0.15) is 16.7 Å². The number of hydrogen-bond donors (Lipinski definition) is 1. The molecule has 1 aliphatic heterocycles. The molecule has 4 rings (SSSR count). The van der Waals surface area contributed by atoms with Crippen LogP contribution in [0.4, 0.5) is 5.69 Å². The number of benzene rings is 3. The van der Waals surface area contributed by atoms with E-state index in [1.165, 1.54) is 11.0 Å². The fraction of sp³-hybridized carbons (Fsp3) is 0.115. The molecule has 1 unspecified atom stereocenters. The minimum Gasteiger partial charge on any atom is -0.497 e. The van der Waals surface area contributed by atoms with Gasteiger partial charge in [-0.2, -0.15) is 0 Å². The van der Waals surface area contributed by atoms with E-state index in [4.69, 9.17) is 4.74 Å². The van der Waals surface area contributed by atoms with Gasteiger partial charge >= 0.3 is 0 Å². The quantitative estimate of drug-likeness (QED) is 0.634. The summed E-state index contributed by atoms with van der Waals surface area (Å²) in [5.41, 5.74) is 3.94. The van der Waals surface area contributed by atoms with E-state index in [9.17, 15) is 9.59 Å². The molecule has 0 aromatic heterocycles. The summed E-state index contributed by atoms with van der Waals surface area (Å²) in [4.78, 5) is 32.0. The number of amides is 2. The summed E-state index contributed by atoms with van der Waals surface area (Å²) in [6.45, 7) is 0. The molecule has 3 aromatic rings. The number of methoxy groups -OCH3 is 1. The highest BCUT2D eigenvalue weighted by atomic mass is 16.5. The summed E-state index contributed by atoms with van der Waals surface area (Å²) in [6, 6.07) is 24.5. The number of aliphatic imine (C=N–C) groups is 1. The average molecular weight is 425 g/mol. The lowest BCUT2D eigenvalue weighted by molar-refractivity contribution is -0.124. The maximum atomic E-state index is 13.1. The molecule has 6 nitrogen and oxygen atoms in total. The maximum Gasteiger partial charge on any atom is 0.272 e. The van der Waals surface area contributed by atoms with Crippen molar-refractivity contribution in [3.8, 4) is 5.75 Å². The molecule has 0 spiro atoms. The zero-order chi connectivity index (χ0) is 22.5. The second kappa shape index (κ2) is 9.31. The van der Waals surface area contributed by atoms with Crippen molar-refractivity contribution in [1.82, 2.24) is 5.32 Å². The van der Waals surface area contributed by atoms with Crippen LogP contribution in [0.15, 0.2) is 89.9 Å². The predicted molar refractivity (Wildman–Crippen MR) is 126 cm³/mol. The lowest BCUT2D eigenvalue weighted by Crippen LogP contribution is -2.45. The summed E-state index contributed by atoms with van der Waals surface area (Å²) >= 11 is 0. The number of carbonyl (C=O) groups excluding carboxylic acids is 2. The molecule has 0 radical (unpaired) electrons. The van der Waals surface area contributed by atoms with Crippen molar-refractivity contribution in [2.45, 2.75) is 6.17 Å². The molecular weight excluding hydrogens is 402 g/mol. The van der Waals surface area contributed by atoms with E-state index in [0.29, 0.717) is 5.71 Å². The van der Waals surface area contributed by atoms with E-state index in [-0.39, 0.29) is 5.91 Å². The largest absolute Gasteiger partial charge is 0.497 e. The van der Waals surface area contributed by atoms with Gasteiger partial charge in [0.15, 0.2) is 0 Å². The number of nitrogens with zero attached hydrogens (tertiary/aromatic N) is 2. The third kappa shape index (κ3) is 4.44. The van der Waals surface area contributed by atoms with Gasteiger partial charge in [-0.25, -0.2) is 4.99 Å². The minimum absolute atomic E-state index is 0.311. The molecule has 160 valence electrons. The number of fused-ring (bicyclic) bond motifs is 1. The van der Waals surface area contributed by atoms with Crippen molar-refractivity contribution in [1.29, 1.82) is 0 Å². The molecule has 0 aliphatic carbocycles. The first kappa shape index (κ1) is 21.1. The molecule has 0 saturated carbocycles. The molecule has 32 heavy (non-hydrogen) atoms. The normalized spacial score (nSPS) is 15.7. The number of para-hydroxylation sites is 1. The summed E-state index contributed by atoms with van der Waals surface area (Å²) in [7, 11) is 3.29. The van der Waals surface area contributed by atoms with Gasteiger partial charge in [0.1, 0.15) is 5.75 Å². The Balaban J connectivity index is 1.63. The van der Waals surface area contributed by atoms with Crippen LogP contribution < -0.4 is 15.0 Å². The number of ether oxygens (including phenoxy) is 1. The van der Waals surface area contributed by atoms with Gasteiger partial charge in [-0.1, -0.05) is 60.7 Å². The van der Waals surface area contributed by atoms with Gasteiger partial charge in [0.05, 0.1) is 18.5 Å². The van der Waals surface area contributed by atoms with E-state index >= 15 is 0 Å². The minimum atomic E-state index is -1.05. The number of rotatable bonds is 5. The number of benzodiazepines with no additional fused rings is 1. The molecule has 2 amide bonds. The predicted octanol–water partition coefficient (Wildman–Crippen LogP) is 3.66. The van der Waals surface area contributed by atoms with Crippen LogP contribution in [0.25, 0.3) is 6.08 Å². The second-order valence-electron chi connectivity index (χ2n) is 7.28. The Hall–Kier alpha value is -4.19. The van der Waals surface area contributed by atoms with E-state index in [0.717, 1.165) is 28.1 Å². The summed E-state index contributed by atoms with van der Waals surface area (Å²) in [5.74, 6) is 0.0188. The fourth-order valence-corrected chi connectivity index (χ4v) is 3.51. The monoisotopic (exact) mass is 425 g/mol. The molecule has 6 heteroatoms. The van der Waals surface area contributed by atoms with Crippen molar-refractivity contribution in [2.24, 2.45) is 4.99 Å². The standard InChI is InChI=1S/C26H23N3O3/c1-29-22-11-7-6-10-21(22)24(19-8-4-3-5-9-19)28-25(26(29)31)27-23(30)17-14-18-12-15-20(32-2)16-13-18/h3-17,25H,1-2H3,(H,27,30)/b17-14+. The Kier molecular flexibility index (Phi) is 6.12. The number of likely N-dealkylation sites (N-methyl/N-ethyl adjacent to an activating group) is 1. The Bertz CT molecular complexity index is 1180. The first-order valence-corrected chi connectivity index (χ1v) is 10.2. The Morgan fingerprint density at radius 3 is 2.41 bits per heavy atom. The topological polar surface area (TPSA) is 71.0 Å². The first-order chi connectivity index (χ1) is 15.6. The molecule has 1 aliphatic rings. The molecule has 0 fully saturated rings. The highest BCUT2D eigenvalue weighted by Gasteiger charge is 2.30. The third-order valence-corrected chi connectivity index (χ3v) is 5.21. The number of anilines is 1. The summed E-state index contributed by atoms with van der Waals surface area (Å²) in [5, 5.41) is 2.74. The van der Waals surface area contributed by atoms with Crippen LogP contribution >= 0.6 is 0 Å². The van der Waals surface area contributed by atoms with E-state index in [1.54, 1.807) is 20.2 Å². The highest BCUT2D eigenvalue weighted by Crippen LogP contribution is 2.27. The zero-order valence-corrected chi connectivity index (χ0v) is 17.9. The maximum absolute atomic E-state index is 13.1. The van der Waals surface area contributed by atoms with E-state index in [2.05, 4.69) is 10.3 Å². The van der Waals surface area contributed by atoms with Crippen LogP contribution in [-0.4, -0.2) is 37.8 Å². The van der Waals surface area contributed by atoms with Crippen molar-refractivity contribution in [3.05, 3.63) is 102 Å². The van der Waals surface area contributed by atoms with Crippen molar-refractivity contribution in [2.75, 3.05) is 19.1 Å². The van der Waals surface area contributed by atoms with Crippen LogP contribution in [0.5, 0.6) is 5.75 Å². The Labute approximate surface area is 186 Å². The number of carbonyl (C=O) groups is 2. The average Bonchev–Trinajstić information content (AvgIpc) is 2.94. The van der Waals surface area contributed by atoms with Gasteiger partial charge in [-0.15, -0.1) is 0 Å². The molecular formula is C26H23N3O3. The lowest BCUT2D eigenvalue weighted by Gasteiger charge is -2.20. The van der Waals surface area contributed by atoms with Crippen molar-refractivity contribution < 1.29 is 14.3 Å². The molecule has 1 N–H and O–H groups in total. The van der Waals surface area contributed by atoms with Gasteiger partial charge in [0, 0.05) is 24.3 Å². The van der Waals surface area contributed by atoms with Crippen LogP contribution in [0.2, 0.25) is 0 Å². The molecule has 0 saturated heterocycles. The highest BCUT2D eigenvalue weighted by molar-refractivity contribution is 6.20. The Morgan fingerprint density at radius 2 is 1.69 bits per heavy atom. The van der Waals surface area contributed by atoms with Gasteiger partial charge in [-0.3, -0.25) is 9.59 Å². The fourth-order valence-electron chi connectivity index (χ4n) is 3.51. The first-order valence-electron chi connectivity index (χ1n) is 10.2. The number of hydrogen-bond acceptors (Lipinski definition) is 4. The zero-order valence-electron chi connectivity index (χ0n) is 17.9. The third-order valence-electron chi connectivity index (χ3n) is 5.21. The van der Waals surface area contributed by atoms with Gasteiger partial charge in [-0.05, 0) is 29.8 Å². The molecule has 0 bridgehead atoms. The van der Waals surface area contributed by atoms with Crippen LogP contribution in [0.3, 0.4) is 0 Å². The lowest BCUT2D eigenvalue weighted by atomic mass is 10.0. The van der Waals surface area contributed by atoms with Crippen molar-refractivity contribution >= 4 is 29.3 Å². The summed E-state index contributed by atoms with van der Waals surface area (Å²) in [6.07, 6.45) is 2.02. The second-order valence-corrected chi connectivity index (χ2v) is 7.28. The van der Waals surface area contributed by atoms with Crippen LogP contribution in [0, 0.1) is 0 Å². The molecule has 1 atom stereocenters. The SMILES string of the molecule is COc1ccc(/C=C/C(=O)NC2N=C(c3ccccc3)c3ccccc3N(C)C2=O)cc1. The van der Waals surface area contributed by atoms with E-state index in [1.807, 2.05) is 78.9 Å². The summed E-state index contributed by atoms with van der Waals surface area (Å²) < 4.78 is 5.14. The van der Waals surface area contributed by atoms with Crippen LogP contribution in [-0.2, 0) is 9.59 Å². The van der Waals surface area contributed by atoms with Gasteiger partial charge in [0.25, 0.3) is 5.91 Å².